The van der Waals surface area contributed by atoms with E-state index in [1.165, 1.54) is 31.4 Å². The molecular weight excluding hydrogens is 204 g/mol. The Hall–Kier alpha value is -0.570. The summed E-state index contributed by atoms with van der Waals surface area (Å²) in [5.74, 6) is 0. The van der Waals surface area contributed by atoms with Crippen LogP contribution in [0, 0.1) is 0 Å². The Balaban J connectivity index is 2.27. The molecule has 0 radical (unpaired) electrons. The van der Waals surface area contributed by atoms with Crippen LogP contribution in [0.15, 0.2) is 5.38 Å². The molecular formula is C12H22N2S. The van der Waals surface area contributed by atoms with E-state index in [0.29, 0.717) is 6.04 Å². The van der Waals surface area contributed by atoms with Crippen molar-refractivity contribution in [2.75, 3.05) is 5.32 Å². The van der Waals surface area contributed by atoms with E-state index in [0.717, 1.165) is 11.6 Å². The first kappa shape index (κ1) is 12.5. The summed E-state index contributed by atoms with van der Waals surface area (Å²) in [5, 5.41) is 6.68. The van der Waals surface area contributed by atoms with Crippen LogP contribution in [0.5, 0.6) is 0 Å². The molecule has 1 atom stereocenters. The summed E-state index contributed by atoms with van der Waals surface area (Å²) in [7, 11) is 0. The van der Waals surface area contributed by atoms with Crippen molar-refractivity contribution >= 4 is 16.5 Å². The molecule has 1 aromatic heterocycles. The van der Waals surface area contributed by atoms with Crippen LogP contribution < -0.4 is 5.32 Å². The van der Waals surface area contributed by atoms with E-state index < -0.39 is 0 Å². The van der Waals surface area contributed by atoms with Gasteiger partial charge in [-0.25, -0.2) is 4.98 Å². The highest BCUT2D eigenvalue weighted by Crippen LogP contribution is 2.18. The number of thiazole rings is 1. The van der Waals surface area contributed by atoms with Crippen LogP contribution in [0.3, 0.4) is 0 Å². The van der Waals surface area contributed by atoms with E-state index in [4.69, 9.17) is 0 Å². The average Bonchev–Trinajstić information content (AvgIpc) is 2.66. The maximum Gasteiger partial charge on any atom is 0.183 e. The van der Waals surface area contributed by atoms with Crippen molar-refractivity contribution in [1.29, 1.82) is 0 Å². The molecule has 2 nitrogen and oxygen atoms in total. The Morgan fingerprint density at radius 3 is 2.80 bits per heavy atom. The van der Waals surface area contributed by atoms with E-state index in [-0.39, 0.29) is 0 Å². The fourth-order valence-electron chi connectivity index (χ4n) is 1.52. The molecule has 0 bridgehead atoms. The van der Waals surface area contributed by atoms with Crippen LogP contribution in [0.4, 0.5) is 5.13 Å². The molecule has 1 rings (SSSR count). The number of nitrogens with zero attached hydrogens (tertiary/aromatic N) is 1. The predicted molar refractivity (Wildman–Crippen MR) is 68.7 cm³/mol. The molecule has 0 aliphatic rings. The van der Waals surface area contributed by atoms with Crippen LogP contribution in [-0.2, 0) is 6.42 Å². The third-order valence-corrected chi connectivity index (χ3v) is 3.35. The van der Waals surface area contributed by atoms with Gasteiger partial charge in [0, 0.05) is 11.4 Å². The monoisotopic (exact) mass is 226 g/mol. The molecule has 3 heteroatoms. The van der Waals surface area contributed by atoms with E-state index in [1.54, 1.807) is 11.3 Å². The lowest BCUT2D eigenvalue weighted by molar-refractivity contribution is 0.614. The fraction of sp³-hybridized carbons (Fsp3) is 0.750. The lowest BCUT2D eigenvalue weighted by Gasteiger charge is -2.11. The summed E-state index contributed by atoms with van der Waals surface area (Å²) < 4.78 is 0. The number of aromatic nitrogens is 1. The van der Waals surface area contributed by atoms with Crippen LogP contribution in [0.1, 0.15) is 52.1 Å². The zero-order chi connectivity index (χ0) is 11.1. The number of rotatable bonds is 7. The van der Waals surface area contributed by atoms with E-state index >= 15 is 0 Å². The van der Waals surface area contributed by atoms with Gasteiger partial charge in [-0.1, -0.05) is 33.1 Å². The van der Waals surface area contributed by atoms with Crippen molar-refractivity contribution in [3.63, 3.8) is 0 Å². The Labute approximate surface area is 97.1 Å². The van der Waals surface area contributed by atoms with Gasteiger partial charge < -0.3 is 5.32 Å². The minimum atomic E-state index is 0.549. The van der Waals surface area contributed by atoms with Gasteiger partial charge >= 0.3 is 0 Å². The van der Waals surface area contributed by atoms with Gasteiger partial charge in [-0.05, 0) is 19.8 Å². The third-order valence-electron chi connectivity index (χ3n) is 2.52. The minimum Gasteiger partial charge on any atom is -0.359 e. The van der Waals surface area contributed by atoms with Gasteiger partial charge in [-0.2, -0.15) is 0 Å². The highest BCUT2D eigenvalue weighted by Gasteiger charge is 2.04. The first-order valence-electron chi connectivity index (χ1n) is 5.97. The molecule has 0 amide bonds. The van der Waals surface area contributed by atoms with Crippen molar-refractivity contribution in [2.24, 2.45) is 0 Å². The highest BCUT2D eigenvalue weighted by molar-refractivity contribution is 7.13. The average molecular weight is 226 g/mol. The molecule has 0 saturated heterocycles. The number of anilines is 1. The quantitative estimate of drug-likeness (QED) is 0.708. The maximum absolute atomic E-state index is 4.50. The second-order valence-corrected chi connectivity index (χ2v) is 4.90. The predicted octanol–water partition coefficient (Wildman–Crippen LogP) is 4.09. The SMILES string of the molecule is CCCCCC(C)Nc1nc(CC)cs1. The van der Waals surface area contributed by atoms with E-state index in [2.05, 4.69) is 36.5 Å². The van der Waals surface area contributed by atoms with Gasteiger partial charge in [0.05, 0.1) is 5.69 Å². The molecule has 0 spiro atoms. The second kappa shape index (κ2) is 6.83. The van der Waals surface area contributed by atoms with Gasteiger partial charge in [0.1, 0.15) is 0 Å². The van der Waals surface area contributed by atoms with Gasteiger partial charge in [-0.15, -0.1) is 11.3 Å². The van der Waals surface area contributed by atoms with Crippen LogP contribution in [0.25, 0.3) is 0 Å². The number of unbranched alkanes of at least 4 members (excludes halogenated alkanes) is 2. The number of nitrogens with one attached hydrogen (secondary N) is 1. The number of hydrogen-bond acceptors (Lipinski definition) is 3. The van der Waals surface area contributed by atoms with Gasteiger partial charge in [0.25, 0.3) is 0 Å². The molecule has 0 aromatic carbocycles. The van der Waals surface area contributed by atoms with E-state index in [9.17, 15) is 0 Å². The van der Waals surface area contributed by atoms with Crippen molar-refractivity contribution in [2.45, 2.75) is 58.9 Å². The Kier molecular flexibility index (Phi) is 5.69. The van der Waals surface area contributed by atoms with Gasteiger partial charge in [0.2, 0.25) is 0 Å². The Morgan fingerprint density at radius 1 is 1.40 bits per heavy atom. The zero-order valence-electron chi connectivity index (χ0n) is 10.0. The lowest BCUT2D eigenvalue weighted by Crippen LogP contribution is -2.14. The summed E-state index contributed by atoms with van der Waals surface area (Å²) in [5.41, 5.74) is 1.20. The smallest absolute Gasteiger partial charge is 0.183 e. The van der Waals surface area contributed by atoms with Crippen LogP contribution in [0.2, 0.25) is 0 Å². The summed E-state index contributed by atoms with van der Waals surface area (Å²) in [4.78, 5) is 4.50. The summed E-state index contributed by atoms with van der Waals surface area (Å²) >= 11 is 1.72. The normalized spacial score (nSPS) is 12.7. The topological polar surface area (TPSA) is 24.9 Å². The molecule has 0 aliphatic carbocycles. The van der Waals surface area contributed by atoms with Crippen molar-refractivity contribution in [3.05, 3.63) is 11.1 Å². The molecule has 86 valence electrons. The van der Waals surface area contributed by atoms with Gasteiger partial charge in [-0.3, -0.25) is 0 Å². The van der Waals surface area contributed by atoms with Crippen molar-refractivity contribution in [1.82, 2.24) is 4.98 Å². The lowest BCUT2D eigenvalue weighted by atomic mass is 10.1. The zero-order valence-corrected chi connectivity index (χ0v) is 10.9. The highest BCUT2D eigenvalue weighted by atomic mass is 32.1. The van der Waals surface area contributed by atoms with E-state index in [1.807, 2.05) is 0 Å². The third kappa shape index (κ3) is 4.65. The Morgan fingerprint density at radius 2 is 2.20 bits per heavy atom. The molecule has 1 N–H and O–H groups in total. The minimum absolute atomic E-state index is 0.549. The summed E-state index contributed by atoms with van der Waals surface area (Å²) in [6.45, 7) is 6.62. The van der Waals surface area contributed by atoms with Crippen LogP contribution >= 0.6 is 11.3 Å². The molecule has 15 heavy (non-hydrogen) atoms. The first-order chi connectivity index (χ1) is 7.26. The maximum atomic E-state index is 4.50. The first-order valence-corrected chi connectivity index (χ1v) is 6.85. The largest absolute Gasteiger partial charge is 0.359 e. The standard InChI is InChI=1S/C12H22N2S/c1-4-6-7-8-10(3)13-12-14-11(5-2)9-15-12/h9-10H,4-8H2,1-3H3,(H,13,14). The molecule has 0 aliphatic heterocycles. The number of hydrogen-bond donors (Lipinski definition) is 1. The Bertz CT molecular complexity index is 270. The second-order valence-electron chi connectivity index (χ2n) is 4.04. The molecule has 1 unspecified atom stereocenters. The number of aryl methyl sites for hydroxylation is 1. The molecule has 0 fully saturated rings. The van der Waals surface area contributed by atoms with Crippen molar-refractivity contribution < 1.29 is 0 Å². The van der Waals surface area contributed by atoms with Gasteiger partial charge in [0.15, 0.2) is 5.13 Å². The van der Waals surface area contributed by atoms with Crippen LogP contribution in [-0.4, -0.2) is 11.0 Å². The fourth-order valence-corrected chi connectivity index (χ4v) is 2.43. The summed E-state index contributed by atoms with van der Waals surface area (Å²) in [6, 6.07) is 0.549. The summed E-state index contributed by atoms with van der Waals surface area (Å²) in [6.07, 6.45) is 6.22. The van der Waals surface area contributed by atoms with Crippen molar-refractivity contribution in [3.8, 4) is 0 Å². The molecule has 0 saturated carbocycles. The molecule has 1 aromatic rings. The molecule has 1 heterocycles.